The average molecular weight is 355 g/mol. The third-order valence-corrected chi connectivity index (χ3v) is 6.10. The Morgan fingerprint density at radius 2 is 1.88 bits per heavy atom. The quantitative estimate of drug-likeness (QED) is 0.650. The number of hydrogen-bond donors (Lipinski definition) is 2. The molecular weight excluding hydrogens is 324 g/mol. The fraction of sp³-hybridized carbons (Fsp3) is 0.647. The average Bonchev–Trinajstić information content (AvgIpc) is 2.57. The van der Waals surface area contributed by atoms with E-state index < -0.39 is 10.2 Å². The first kappa shape index (κ1) is 19.3. The van der Waals surface area contributed by atoms with Crippen LogP contribution in [0, 0.1) is 0 Å². The van der Waals surface area contributed by atoms with Gasteiger partial charge in [0.1, 0.15) is 0 Å². The number of nitrogens with zero attached hydrogens (tertiary/aromatic N) is 2. The lowest BCUT2D eigenvalue weighted by atomic mass is 10.1. The largest absolute Gasteiger partial charge is 0.320 e. The molecule has 7 heteroatoms. The molecule has 0 aromatic heterocycles. The van der Waals surface area contributed by atoms with E-state index in [0.717, 1.165) is 45.4 Å². The summed E-state index contributed by atoms with van der Waals surface area (Å²) in [7, 11) is 0.133. The van der Waals surface area contributed by atoms with Gasteiger partial charge in [0, 0.05) is 39.3 Å². The molecule has 1 aliphatic rings. The Kier molecular flexibility index (Phi) is 7.64. The van der Waals surface area contributed by atoms with Crippen molar-refractivity contribution in [2.45, 2.75) is 31.8 Å². The van der Waals surface area contributed by atoms with Crippen LogP contribution in [-0.4, -0.2) is 63.9 Å². The summed E-state index contributed by atoms with van der Waals surface area (Å²) in [6.07, 6.45) is 2.52. The van der Waals surface area contributed by atoms with Crippen LogP contribution in [0.25, 0.3) is 0 Å². The molecule has 0 bridgehead atoms. The van der Waals surface area contributed by atoms with Crippen LogP contribution in [0.15, 0.2) is 30.3 Å². The Balaban J connectivity index is 1.75. The summed E-state index contributed by atoms with van der Waals surface area (Å²) in [4.78, 5) is 2.39. The lowest BCUT2D eigenvalue weighted by Gasteiger charge is -2.33. The molecule has 0 radical (unpaired) electrons. The zero-order valence-corrected chi connectivity index (χ0v) is 15.6. The fourth-order valence-corrected chi connectivity index (χ4v) is 4.16. The SMILES string of the molecule is CNCCCN(C)S(=O)(=O)NC1CCN(Cc2ccccc2)CC1. The summed E-state index contributed by atoms with van der Waals surface area (Å²) in [6, 6.07) is 10.4. The van der Waals surface area contributed by atoms with Crippen molar-refractivity contribution in [1.29, 1.82) is 0 Å². The second-order valence-corrected chi connectivity index (χ2v) is 8.25. The minimum atomic E-state index is -3.38. The molecule has 2 rings (SSSR count). The van der Waals surface area contributed by atoms with E-state index in [1.54, 1.807) is 7.05 Å². The molecule has 0 atom stereocenters. The standard InChI is InChI=1S/C17H30N4O2S/c1-18-11-6-12-20(2)24(22,23)19-17-9-13-21(14-10-17)15-16-7-4-3-5-8-16/h3-5,7-8,17-19H,6,9-15H2,1-2H3. The first-order valence-corrected chi connectivity index (χ1v) is 10.1. The highest BCUT2D eigenvalue weighted by atomic mass is 32.2. The molecule has 6 nitrogen and oxygen atoms in total. The summed E-state index contributed by atoms with van der Waals surface area (Å²) in [5.74, 6) is 0. The smallest absolute Gasteiger partial charge is 0.279 e. The molecule has 0 spiro atoms. The van der Waals surface area contributed by atoms with Crippen LogP contribution < -0.4 is 10.0 Å². The predicted molar refractivity (Wildman–Crippen MR) is 98.0 cm³/mol. The molecule has 1 aromatic carbocycles. The van der Waals surface area contributed by atoms with E-state index in [2.05, 4.69) is 39.2 Å². The maximum atomic E-state index is 12.3. The minimum Gasteiger partial charge on any atom is -0.320 e. The first-order valence-electron chi connectivity index (χ1n) is 8.66. The topological polar surface area (TPSA) is 64.7 Å². The molecule has 136 valence electrons. The van der Waals surface area contributed by atoms with Crippen LogP contribution in [0.2, 0.25) is 0 Å². The molecule has 0 unspecified atom stereocenters. The Bertz CT molecular complexity index is 572. The van der Waals surface area contributed by atoms with E-state index in [-0.39, 0.29) is 6.04 Å². The van der Waals surface area contributed by atoms with Gasteiger partial charge in [-0.2, -0.15) is 17.4 Å². The van der Waals surface area contributed by atoms with Crippen LogP contribution in [-0.2, 0) is 16.8 Å². The zero-order chi connectivity index (χ0) is 17.4. The van der Waals surface area contributed by atoms with Gasteiger partial charge in [-0.05, 0) is 38.4 Å². The van der Waals surface area contributed by atoms with E-state index >= 15 is 0 Å². The van der Waals surface area contributed by atoms with Gasteiger partial charge in [0.15, 0.2) is 0 Å². The summed E-state index contributed by atoms with van der Waals surface area (Å²) in [5.41, 5.74) is 1.31. The van der Waals surface area contributed by atoms with Gasteiger partial charge in [-0.3, -0.25) is 4.90 Å². The number of piperidine rings is 1. The number of hydrogen-bond acceptors (Lipinski definition) is 4. The molecule has 24 heavy (non-hydrogen) atoms. The molecule has 1 aliphatic heterocycles. The second kappa shape index (κ2) is 9.48. The van der Waals surface area contributed by atoms with Crippen molar-refractivity contribution >= 4 is 10.2 Å². The number of likely N-dealkylation sites (tertiary alicyclic amines) is 1. The lowest BCUT2D eigenvalue weighted by molar-refractivity contribution is 0.199. The van der Waals surface area contributed by atoms with Gasteiger partial charge in [0.2, 0.25) is 0 Å². The highest BCUT2D eigenvalue weighted by Gasteiger charge is 2.25. The van der Waals surface area contributed by atoms with Crippen molar-refractivity contribution in [3.05, 3.63) is 35.9 Å². The Morgan fingerprint density at radius 3 is 2.50 bits per heavy atom. The van der Waals surface area contributed by atoms with Crippen molar-refractivity contribution in [2.24, 2.45) is 0 Å². The van der Waals surface area contributed by atoms with E-state index in [4.69, 9.17) is 0 Å². The van der Waals surface area contributed by atoms with E-state index in [9.17, 15) is 8.42 Å². The summed E-state index contributed by atoms with van der Waals surface area (Å²) in [5, 5.41) is 3.03. The van der Waals surface area contributed by atoms with Gasteiger partial charge in [-0.1, -0.05) is 30.3 Å². The van der Waals surface area contributed by atoms with Gasteiger partial charge < -0.3 is 5.32 Å². The maximum Gasteiger partial charge on any atom is 0.279 e. The summed E-state index contributed by atoms with van der Waals surface area (Å²) < 4.78 is 29.0. The fourth-order valence-electron chi connectivity index (χ4n) is 2.95. The Labute approximate surface area is 146 Å². The minimum absolute atomic E-state index is 0.0359. The van der Waals surface area contributed by atoms with Crippen LogP contribution in [0.4, 0.5) is 0 Å². The van der Waals surface area contributed by atoms with Crippen LogP contribution in [0.3, 0.4) is 0 Å². The summed E-state index contributed by atoms with van der Waals surface area (Å²) >= 11 is 0. The molecule has 2 N–H and O–H groups in total. The maximum absolute atomic E-state index is 12.3. The summed E-state index contributed by atoms with van der Waals surface area (Å²) in [6.45, 7) is 4.13. The van der Waals surface area contributed by atoms with Crippen molar-refractivity contribution in [1.82, 2.24) is 19.2 Å². The van der Waals surface area contributed by atoms with Crippen molar-refractivity contribution in [3.8, 4) is 0 Å². The van der Waals surface area contributed by atoms with Crippen LogP contribution >= 0.6 is 0 Å². The van der Waals surface area contributed by atoms with Gasteiger partial charge in [-0.25, -0.2) is 0 Å². The monoisotopic (exact) mass is 354 g/mol. The molecular formula is C17H30N4O2S. The molecule has 0 amide bonds. The third-order valence-electron chi connectivity index (χ3n) is 4.46. The van der Waals surface area contributed by atoms with Crippen molar-refractivity contribution in [3.63, 3.8) is 0 Å². The Morgan fingerprint density at radius 1 is 1.21 bits per heavy atom. The highest BCUT2D eigenvalue weighted by molar-refractivity contribution is 7.87. The van der Waals surface area contributed by atoms with Crippen molar-refractivity contribution < 1.29 is 8.42 Å². The van der Waals surface area contributed by atoms with Crippen LogP contribution in [0.1, 0.15) is 24.8 Å². The predicted octanol–water partition coefficient (Wildman–Crippen LogP) is 1.03. The Hall–Kier alpha value is -0.990. The van der Waals surface area contributed by atoms with Gasteiger partial charge >= 0.3 is 0 Å². The van der Waals surface area contributed by atoms with E-state index in [0.29, 0.717) is 6.54 Å². The van der Waals surface area contributed by atoms with Crippen molar-refractivity contribution in [2.75, 3.05) is 40.3 Å². The van der Waals surface area contributed by atoms with E-state index in [1.165, 1.54) is 9.87 Å². The molecule has 1 aromatic rings. The molecule has 1 fully saturated rings. The number of nitrogens with one attached hydrogen (secondary N) is 2. The van der Waals surface area contributed by atoms with Gasteiger partial charge in [0.25, 0.3) is 10.2 Å². The second-order valence-electron chi connectivity index (χ2n) is 6.44. The third kappa shape index (κ3) is 6.14. The van der Waals surface area contributed by atoms with E-state index in [1.807, 2.05) is 13.1 Å². The molecule has 1 heterocycles. The lowest BCUT2D eigenvalue weighted by Crippen LogP contribution is -2.48. The highest BCUT2D eigenvalue weighted by Crippen LogP contribution is 2.15. The van der Waals surface area contributed by atoms with Gasteiger partial charge in [0.05, 0.1) is 0 Å². The van der Waals surface area contributed by atoms with Crippen LogP contribution in [0.5, 0.6) is 0 Å². The first-order chi connectivity index (χ1) is 11.5. The van der Waals surface area contributed by atoms with Gasteiger partial charge in [-0.15, -0.1) is 0 Å². The normalized spacial score (nSPS) is 17.5. The molecule has 0 aliphatic carbocycles. The number of benzene rings is 1. The molecule has 1 saturated heterocycles. The zero-order valence-electron chi connectivity index (χ0n) is 14.7. The molecule has 0 saturated carbocycles. The number of rotatable bonds is 9.